The van der Waals surface area contributed by atoms with Crippen LogP contribution in [0.4, 0.5) is 0 Å². The van der Waals surface area contributed by atoms with E-state index in [9.17, 15) is 14.4 Å². The number of ether oxygens (including phenoxy) is 3. The molecule has 0 bridgehead atoms. The molecule has 0 saturated carbocycles. The summed E-state index contributed by atoms with van der Waals surface area (Å²) in [4.78, 5) is 36.0. The Kier molecular flexibility index (Phi) is 12.3. The second-order valence-corrected chi connectivity index (χ2v) is 7.45. The van der Waals surface area contributed by atoms with Crippen molar-refractivity contribution < 1.29 is 28.6 Å². The molecule has 0 aromatic heterocycles. The molecule has 2 rings (SSSR count). The smallest absolute Gasteiger partial charge is 0.328 e. The first-order valence-electron chi connectivity index (χ1n) is 11.0. The highest BCUT2D eigenvalue weighted by Gasteiger charge is 2.21. The minimum Gasteiger partial charge on any atom is -0.467 e. The van der Waals surface area contributed by atoms with Crippen LogP contribution < -0.4 is 10.6 Å². The van der Waals surface area contributed by atoms with Crippen LogP contribution in [0.1, 0.15) is 30.4 Å². The number of esters is 1. The molecule has 0 radical (unpaired) electrons. The van der Waals surface area contributed by atoms with Crippen LogP contribution in [0.25, 0.3) is 0 Å². The number of methoxy groups -OCH3 is 1. The molecule has 2 aromatic rings. The van der Waals surface area contributed by atoms with Crippen LogP contribution >= 0.6 is 0 Å². The minimum atomic E-state index is -0.757. The van der Waals surface area contributed by atoms with Crippen molar-refractivity contribution in [3.8, 4) is 0 Å². The zero-order valence-corrected chi connectivity index (χ0v) is 19.0. The Labute approximate surface area is 194 Å². The second kappa shape index (κ2) is 15.6. The molecule has 0 unspecified atom stereocenters. The van der Waals surface area contributed by atoms with Gasteiger partial charge in [0.05, 0.1) is 20.3 Å². The number of carbonyl (C=O) groups is 3. The molecule has 2 N–H and O–H groups in total. The standard InChI is InChI=1S/C25H32N2O6/c1-31-25(30)22(27-24(29)19-33-17-21-12-6-3-7-13-21)14-8-9-15-26-23(28)18-32-16-20-10-4-2-5-11-20/h2-7,10-13,22H,8-9,14-19H2,1H3,(H,26,28)(H,27,29)/t22-/m0/s1. The lowest BCUT2D eigenvalue weighted by Crippen LogP contribution is -2.43. The Morgan fingerprint density at radius 2 is 1.33 bits per heavy atom. The fourth-order valence-corrected chi connectivity index (χ4v) is 3.05. The Morgan fingerprint density at radius 3 is 1.88 bits per heavy atom. The van der Waals surface area contributed by atoms with Crippen molar-refractivity contribution >= 4 is 17.8 Å². The second-order valence-electron chi connectivity index (χ2n) is 7.45. The zero-order chi connectivity index (χ0) is 23.7. The van der Waals surface area contributed by atoms with Gasteiger partial charge in [0.25, 0.3) is 0 Å². The molecule has 2 aromatic carbocycles. The van der Waals surface area contributed by atoms with Crippen LogP contribution in [0.3, 0.4) is 0 Å². The number of hydrogen-bond acceptors (Lipinski definition) is 6. The summed E-state index contributed by atoms with van der Waals surface area (Å²) >= 11 is 0. The molecule has 33 heavy (non-hydrogen) atoms. The largest absolute Gasteiger partial charge is 0.467 e. The van der Waals surface area contributed by atoms with Crippen molar-refractivity contribution in [2.75, 3.05) is 26.9 Å². The van der Waals surface area contributed by atoms with E-state index in [1.807, 2.05) is 60.7 Å². The maximum absolute atomic E-state index is 12.1. The van der Waals surface area contributed by atoms with Gasteiger partial charge >= 0.3 is 5.97 Å². The molecular formula is C25H32N2O6. The maximum atomic E-state index is 12.1. The van der Waals surface area contributed by atoms with Crippen molar-refractivity contribution in [2.24, 2.45) is 0 Å². The Balaban J connectivity index is 1.58. The predicted molar refractivity (Wildman–Crippen MR) is 123 cm³/mol. The van der Waals surface area contributed by atoms with Crippen molar-refractivity contribution in [1.29, 1.82) is 0 Å². The van der Waals surface area contributed by atoms with E-state index >= 15 is 0 Å². The quantitative estimate of drug-likeness (QED) is 0.315. The van der Waals surface area contributed by atoms with Crippen molar-refractivity contribution in [3.63, 3.8) is 0 Å². The third kappa shape index (κ3) is 11.3. The van der Waals surface area contributed by atoms with Crippen LogP contribution in [-0.4, -0.2) is 50.7 Å². The van der Waals surface area contributed by atoms with E-state index < -0.39 is 12.0 Å². The van der Waals surface area contributed by atoms with Crippen molar-refractivity contribution in [2.45, 2.75) is 38.5 Å². The summed E-state index contributed by atoms with van der Waals surface area (Å²) in [5.41, 5.74) is 1.97. The molecule has 178 valence electrons. The minimum absolute atomic E-state index is 0.0152. The van der Waals surface area contributed by atoms with E-state index in [0.29, 0.717) is 39.0 Å². The van der Waals surface area contributed by atoms with Crippen LogP contribution in [0.15, 0.2) is 60.7 Å². The van der Waals surface area contributed by atoms with Gasteiger partial charge in [0.1, 0.15) is 19.3 Å². The summed E-state index contributed by atoms with van der Waals surface area (Å²) in [5.74, 6) is -1.09. The number of amides is 2. The summed E-state index contributed by atoms with van der Waals surface area (Å²) in [5, 5.41) is 5.43. The van der Waals surface area contributed by atoms with E-state index in [1.54, 1.807) is 0 Å². The number of hydrogen-bond donors (Lipinski definition) is 2. The maximum Gasteiger partial charge on any atom is 0.328 e. The van der Waals surface area contributed by atoms with Crippen molar-refractivity contribution in [3.05, 3.63) is 71.8 Å². The molecule has 0 spiro atoms. The summed E-state index contributed by atoms with van der Waals surface area (Å²) in [6.07, 6.45) is 1.67. The van der Waals surface area contributed by atoms with Crippen molar-refractivity contribution in [1.82, 2.24) is 10.6 Å². The van der Waals surface area contributed by atoms with E-state index in [2.05, 4.69) is 10.6 Å². The first-order chi connectivity index (χ1) is 16.1. The zero-order valence-electron chi connectivity index (χ0n) is 19.0. The van der Waals surface area contributed by atoms with E-state index in [1.165, 1.54) is 7.11 Å². The third-order valence-corrected chi connectivity index (χ3v) is 4.75. The molecule has 0 aliphatic rings. The third-order valence-electron chi connectivity index (χ3n) is 4.75. The van der Waals surface area contributed by atoms with Crippen LogP contribution in [0.2, 0.25) is 0 Å². The number of rotatable bonds is 15. The molecule has 2 amide bonds. The molecule has 0 saturated heterocycles. The van der Waals surface area contributed by atoms with Gasteiger partial charge in [-0.2, -0.15) is 0 Å². The lowest BCUT2D eigenvalue weighted by molar-refractivity contribution is -0.146. The molecule has 0 heterocycles. The van der Waals surface area contributed by atoms with Gasteiger partial charge in [0, 0.05) is 6.54 Å². The normalized spacial score (nSPS) is 11.4. The molecule has 0 aliphatic carbocycles. The van der Waals surface area contributed by atoms with Gasteiger partial charge < -0.3 is 24.8 Å². The highest BCUT2D eigenvalue weighted by molar-refractivity contribution is 5.85. The highest BCUT2D eigenvalue weighted by atomic mass is 16.5. The van der Waals surface area contributed by atoms with Crippen LogP contribution in [0, 0.1) is 0 Å². The van der Waals surface area contributed by atoms with E-state index in [-0.39, 0.29) is 25.0 Å². The van der Waals surface area contributed by atoms with Crippen LogP contribution in [0.5, 0.6) is 0 Å². The molecule has 0 fully saturated rings. The molecular weight excluding hydrogens is 424 g/mol. The average Bonchev–Trinajstić information content (AvgIpc) is 2.84. The summed E-state index contributed by atoms with van der Waals surface area (Å²) in [7, 11) is 1.28. The summed E-state index contributed by atoms with van der Waals surface area (Å²) in [6.45, 7) is 0.978. The Hall–Kier alpha value is -3.23. The summed E-state index contributed by atoms with van der Waals surface area (Å²) in [6, 6.07) is 18.4. The Morgan fingerprint density at radius 1 is 0.788 bits per heavy atom. The number of nitrogens with one attached hydrogen (secondary N) is 2. The molecule has 8 nitrogen and oxygen atoms in total. The van der Waals surface area contributed by atoms with Gasteiger partial charge in [0.2, 0.25) is 11.8 Å². The summed E-state index contributed by atoms with van der Waals surface area (Å²) < 4.78 is 15.6. The molecule has 8 heteroatoms. The SMILES string of the molecule is COC(=O)[C@H](CCCCNC(=O)COCc1ccccc1)NC(=O)COCc1ccccc1. The lowest BCUT2D eigenvalue weighted by atomic mass is 10.1. The van der Waals surface area contributed by atoms with Gasteiger partial charge in [0.15, 0.2) is 0 Å². The van der Waals surface area contributed by atoms with E-state index in [4.69, 9.17) is 14.2 Å². The highest BCUT2D eigenvalue weighted by Crippen LogP contribution is 2.04. The monoisotopic (exact) mass is 456 g/mol. The number of benzene rings is 2. The average molecular weight is 457 g/mol. The van der Waals surface area contributed by atoms with E-state index in [0.717, 1.165) is 11.1 Å². The molecule has 0 aliphatic heterocycles. The van der Waals surface area contributed by atoms with Gasteiger partial charge in [-0.05, 0) is 30.4 Å². The Bertz CT molecular complexity index is 844. The fraction of sp³-hybridized carbons (Fsp3) is 0.400. The molecule has 1 atom stereocenters. The lowest BCUT2D eigenvalue weighted by Gasteiger charge is -2.16. The fourth-order valence-electron chi connectivity index (χ4n) is 3.05. The van der Waals surface area contributed by atoms with Gasteiger partial charge in [-0.25, -0.2) is 4.79 Å². The first-order valence-corrected chi connectivity index (χ1v) is 11.0. The van der Waals surface area contributed by atoms with Gasteiger partial charge in [-0.3, -0.25) is 9.59 Å². The van der Waals surface area contributed by atoms with Gasteiger partial charge in [-0.15, -0.1) is 0 Å². The van der Waals surface area contributed by atoms with Gasteiger partial charge in [-0.1, -0.05) is 60.7 Å². The number of carbonyl (C=O) groups excluding carboxylic acids is 3. The number of unbranched alkanes of at least 4 members (excludes halogenated alkanes) is 1. The van der Waals surface area contributed by atoms with Crippen LogP contribution in [-0.2, 0) is 41.8 Å². The first kappa shape index (κ1) is 26.0. The topological polar surface area (TPSA) is 103 Å². The predicted octanol–water partition coefficient (Wildman–Crippen LogP) is 2.36.